The number of benzene rings is 2. The van der Waals surface area contributed by atoms with E-state index in [0.29, 0.717) is 30.4 Å². The van der Waals surface area contributed by atoms with E-state index in [0.717, 1.165) is 10.9 Å². The number of rotatable bonds is 21. The van der Waals surface area contributed by atoms with Gasteiger partial charge in [0.25, 0.3) is 0 Å². The van der Waals surface area contributed by atoms with Gasteiger partial charge < -0.3 is 80.7 Å². The number of carbonyl (C=O) groups excluding carboxylic acids is 7. The van der Waals surface area contributed by atoms with E-state index in [1.165, 1.54) is 6.92 Å². The summed E-state index contributed by atoms with van der Waals surface area (Å²) in [4.78, 5) is 100. The Morgan fingerprint density at radius 2 is 1.42 bits per heavy atom. The molecule has 0 aliphatic carbocycles. The van der Waals surface area contributed by atoms with Gasteiger partial charge >= 0.3 is 0 Å². The Labute approximate surface area is 441 Å². The monoisotopic (exact) mass is 1060 g/mol. The summed E-state index contributed by atoms with van der Waals surface area (Å²) in [7, 11) is 0. The molecule has 9 atom stereocenters. The number of hydrogen-bond donors (Lipinski definition) is 19. The van der Waals surface area contributed by atoms with E-state index in [2.05, 4.69) is 58.2 Å². The molecule has 3 aromatic rings. The quantitative estimate of drug-likeness (QED) is 0.0216. The number of nitrogens with one attached hydrogen (secondary N) is 13. The number of primary amides is 1. The minimum atomic E-state index is -1.66. The highest BCUT2D eigenvalue weighted by Gasteiger charge is 2.35. The molecule has 1 fully saturated rings. The molecule has 0 spiro atoms. The van der Waals surface area contributed by atoms with Gasteiger partial charge in [0.2, 0.25) is 41.4 Å². The van der Waals surface area contributed by atoms with Gasteiger partial charge in [0, 0.05) is 50.1 Å². The van der Waals surface area contributed by atoms with Crippen LogP contribution in [0.5, 0.6) is 0 Å². The normalized spacial score (nSPS) is 22.6. The van der Waals surface area contributed by atoms with E-state index >= 15 is 0 Å². The van der Waals surface area contributed by atoms with Crippen LogP contribution < -0.4 is 76.1 Å². The number of fused-ring (bicyclic) bond motifs is 1. The standard InChI is InChI=1S/C50H79N17O9/c1-29(68)61-35(19-11-23-58-49(53)54)43(71)67-40-27-41(69)57-22-10-8-17-34(42(52)70)62-47(75)39(26-31-28-60-33-16-6-5-15-32(31)33)66-45(73)37(20-12-24-59-50(55)56)64-46(74)38(25-30-13-3-2-4-14-30)65-44(72)36(63-48(40)76)18-7-9-21-51/h2-6,13-16,28,34-40,43-44,60,65,67,71-72H,7-12,17-27,51H2,1H3,(H2,52,70)(H,57,69)(H,61,68)(H,62,75)(H,63,76)(H,64,74)(H,66,73)(H4,53,54,58)(H4,55,56,59)/t34-,35-,36+,37-,38+,39-,40-,43?,44?/m0/s1. The lowest BCUT2D eigenvalue weighted by Crippen LogP contribution is -2.62. The molecule has 2 unspecified atom stereocenters. The molecule has 2 aromatic carbocycles. The summed E-state index contributed by atoms with van der Waals surface area (Å²) in [6.45, 7) is 1.96. The number of nitrogens with two attached hydrogens (primary N) is 4. The van der Waals surface area contributed by atoms with Crippen LogP contribution in [0.1, 0.15) is 88.7 Å². The number of carbonyl (C=O) groups is 7. The van der Waals surface area contributed by atoms with Gasteiger partial charge in [-0.05, 0) is 87.9 Å². The van der Waals surface area contributed by atoms with Crippen LogP contribution in [0.4, 0.5) is 0 Å². The fraction of sp³-hybridized carbons (Fsp3) is 0.540. The Bertz CT molecular complexity index is 2390. The highest BCUT2D eigenvalue weighted by Crippen LogP contribution is 2.20. The largest absolute Gasteiger partial charge is 0.376 e. The summed E-state index contributed by atoms with van der Waals surface area (Å²) in [5, 5.41) is 67.0. The average molecular weight is 1060 g/mol. The second kappa shape index (κ2) is 32.1. The Balaban J connectivity index is 1.77. The maximum absolute atomic E-state index is 14.7. The molecule has 0 bridgehead atoms. The fourth-order valence-corrected chi connectivity index (χ4v) is 8.75. The summed E-state index contributed by atoms with van der Waals surface area (Å²) in [5.74, 6) is -5.63. The lowest BCUT2D eigenvalue weighted by molar-refractivity contribution is -0.134. The number of aromatic nitrogens is 1. The molecule has 1 aliphatic heterocycles. The number of amides is 7. The van der Waals surface area contributed by atoms with Crippen LogP contribution in [0.2, 0.25) is 0 Å². The van der Waals surface area contributed by atoms with Crippen molar-refractivity contribution in [1.29, 1.82) is 10.8 Å². The van der Waals surface area contributed by atoms with E-state index in [1.54, 1.807) is 36.5 Å². The lowest BCUT2D eigenvalue weighted by Gasteiger charge is -2.32. The van der Waals surface area contributed by atoms with Crippen LogP contribution in [0, 0.1) is 10.8 Å². The van der Waals surface area contributed by atoms with Gasteiger partial charge in [-0.25, -0.2) is 0 Å². The van der Waals surface area contributed by atoms with Crippen molar-refractivity contribution in [2.45, 2.75) is 145 Å². The average Bonchev–Trinajstić information content (AvgIpc) is 3.78. The minimum Gasteiger partial charge on any atom is -0.376 e. The maximum atomic E-state index is 14.7. The number of guanidine groups is 2. The number of para-hydroxylation sites is 1. The molecule has 4 rings (SSSR count). The highest BCUT2D eigenvalue weighted by atomic mass is 16.3. The summed E-state index contributed by atoms with van der Waals surface area (Å²) in [6.07, 6.45) is 0.109. The smallest absolute Gasteiger partial charge is 0.243 e. The van der Waals surface area contributed by atoms with Crippen molar-refractivity contribution < 1.29 is 43.8 Å². The molecule has 26 nitrogen and oxygen atoms in total. The number of unbranched alkanes of at least 4 members (excludes halogenated alkanes) is 1. The minimum absolute atomic E-state index is 0.0212. The van der Waals surface area contributed by atoms with Gasteiger partial charge in [0.15, 0.2) is 11.9 Å². The molecule has 0 radical (unpaired) electrons. The van der Waals surface area contributed by atoms with Gasteiger partial charge in [-0.15, -0.1) is 0 Å². The van der Waals surface area contributed by atoms with Crippen LogP contribution in [0.3, 0.4) is 0 Å². The number of hydrogen-bond acceptors (Lipinski definition) is 14. The van der Waals surface area contributed by atoms with Crippen LogP contribution in [0.25, 0.3) is 10.9 Å². The molecular weight excluding hydrogens is 983 g/mol. The van der Waals surface area contributed by atoms with Crippen molar-refractivity contribution >= 4 is 64.2 Å². The van der Waals surface area contributed by atoms with Crippen LogP contribution >= 0.6 is 0 Å². The summed E-state index contributed by atoms with van der Waals surface area (Å²) in [5.41, 5.74) is 24.7. The highest BCUT2D eigenvalue weighted by molar-refractivity contribution is 5.95. The first kappa shape index (κ1) is 61.2. The van der Waals surface area contributed by atoms with Crippen molar-refractivity contribution in [1.82, 2.24) is 58.2 Å². The maximum Gasteiger partial charge on any atom is 0.243 e. The second-order valence-electron chi connectivity index (χ2n) is 18.9. The predicted octanol–water partition coefficient (Wildman–Crippen LogP) is -3.22. The molecule has 7 amide bonds. The van der Waals surface area contributed by atoms with Crippen LogP contribution in [0.15, 0.2) is 60.8 Å². The van der Waals surface area contributed by atoms with Crippen molar-refractivity contribution in [2.24, 2.45) is 22.9 Å². The summed E-state index contributed by atoms with van der Waals surface area (Å²) in [6, 6.07) is 7.47. The first-order chi connectivity index (χ1) is 36.3. The van der Waals surface area contributed by atoms with E-state index in [-0.39, 0.29) is 95.9 Å². The van der Waals surface area contributed by atoms with Crippen LogP contribution in [-0.4, -0.2) is 149 Å². The van der Waals surface area contributed by atoms with E-state index < -0.39 is 103 Å². The predicted molar refractivity (Wildman–Crippen MR) is 285 cm³/mol. The topological polar surface area (TPSA) is 448 Å². The molecule has 23 N–H and O–H groups in total. The van der Waals surface area contributed by atoms with E-state index in [9.17, 15) is 43.8 Å². The Hall–Kier alpha value is -7.39. The number of aliphatic hydroxyl groups is 2. The Morgan fingerprint density at radius 1 is 0.763 bits per heavy atom. The van der Waals surface area contributed by atoms with Gasteiger partial charge in [-0.1, -0.05) is 55.0 Å². The van der Waals surface area contributed by atoms with Gasteiger partial charge in [0.1, 0.15) is 30.6 Å². The lowest BCUT2D eigenvalue weighted by atomic mass is 10.0. The third kappa shape index (κ3) is 21.5. The third-order valence-corrected chi connectivity index (χ3v) is 12.8. The first-order valence-corrected chi connectivity index (χ1v) is 25.7. The molecule has 76 heavy (non-hydrogen) atoms. The molecule has 1 aromatic heterocycles. The van der Waals surface area contributed by atoms with Gasteiger partial charge in [-0.2, -0.15) is 0 Å². The van der Waals surface area contributed by atoms with Crippen molar-refractivity contribution in [2.75, 3.05) is 26.2 Å². The summed E-state index contributed by atoms with van der Waals surface area (Å²) >= 11 is 0. The first-order valence-electron chi connectivity index (χ1n) is 25.7. The zero-order valence-corrected chi connectivity index (χ0v) is 43.1. The second-order valence-corrected chi connectivity index (χ2v) is 18.9. The Kier molecular flexibility index (Phi) is 25.9. The SMILES string of the molecule is CC(=O)N[C@@H](CCCNC(=N)N)C(O)N[C@H]1CC(=O)NCCCC[C@@H](C(N)=O)NC(=O)[C@H](Cc2c[nH]c3ccccc23)NC(=O)[C@H](CCCNC(=N)N)NC(=O)[C@@H](Cc2ccccc2)NC(O)[C@@H](CCCCN)NC1=O. The van der Waals surface area contributed by atoms with E-state index in [4.69, 9.17) is 33.8 Å². The molecule has 2 heterocycles. The van der Waals surface area contributed by atoms with E-state index in [1.807, 2.05) is 24.3 Å². The third-order valence-electron chi connectivity index (χ3n) is 12.8. The number of aromatic amines is 1. The molecule has 1 aliphatic rings. The van der Waals surface area contributed by atoms with Crippen LogP contribution in [-0.2, 0) is 46.4 Å². The molecular formula is C50H79N17O9. The van der Waals surface area contributed by atoms with Crippen molar-refractivity contribution in [3.8, 4) is 0 Å². The van der Waals surface area contributed by atoms with Gasteiger partial charge in [0.05, 0.1) is 30.6 Å². The zero-order chi connectivity index (χ0) is 55.6. The fourth-order valence-electron chi connectivity index (χ4n) is 8.75. The Morgan fingerprint density at radius 3 is 2.11 bits per heavy atom. The zero-order valence-electron chi connectivity index (χ0n) is 43.1. The molecule has 418 valence electrons. The van der Waals surface area contributed by atoms with Gasteiger partial charge in [-0.3, -0.25) is 55.0 Å². The molecule has 1 saturated heterocycles. The van der Waals surface area contributed by atoms with Crippen molar-refractivity contribution in [3.63, 3.8) is 0 Å². The number of aliphatic hydroxyl groups excluding tert-OH is 2. The summed E-state index contributed by atoms with van der Waals surface area (Å²) < 4.78 is 0. The number of H-pyrrole nitrogens is 1. The molecule has 26 heteroatoms. The van der Waals surface area contributed by atoms with Crippen molar-refractivity contribution in [3.05, 3.63) is 71.9 Å². The molecule has 0 saturated carbocycles.